The summed E-state index contributed by atoms with van der Waals surface area (Å²) in [5.74, 6) is 0.215. The summed E-state index contributed by atoms with van der Waals surface area (Å²) in [6.45, 7) is 1.62. The fraction of sp³-hybridized carbons (Fsp3) is 0.231. The van der Waals surface area contributed by atoms with Crippen LogP contribution in [0.4, 0.5) is 0 Å². The highest BCUT2D eigenvalue weighted by molar-refractivity contribution is 9.10. The van der Waals surface area contributed by atoms with Gasteiger partial charge < -0.3 is 4.79 Å². The molecule has 1 aromatic heterocycles. The van der Waals surface area contributed by atoms with Crippen LogP contribution in [0.15, 0.2) is 34.9 Å². The van der Waals surface area contributed by atoms with Crippen molar-refractivity contribution >= 4 is 32.6 Å². The molecular weight excluding hydrogens is 266 g/mol. The van der Waals surface area contributed by atoms with Crippen LogP contribution in [-0.2, 0) is 11.2 Å². The van der Waals surface area contributed by atoms with Crippen molar-refractivity contribution in [3.8, 4) is 0 Å². The molecule has 82 valence electrons. The predicted molar refractivity (Wildman–Crippen MR) is 68.4 cm³/mol. The van der Waals surface area contributed by atoms with E-state index in [-0.39, 0.29) is 5.78 Å². The van der Waals surface area contributed by atoms with E-state index >= 15 is 0 Å². The first-order valence-electron chi connectivity index (χ1n) is 5.20. The Morgan fingerprint density at radius 1 is 1.38 bits per heavy atom. The summed E-state index contributed by atoms with van der Waals surface area (Å²) in [7, 11) is 0. The summed E-state index contributed by atoms with van der Waals surface area (Å²) in [6.07, 6.45) is 3.12. The van der Waals surface area contributed by atoms with Crippen LogP contribution in [0, 0.1) is 0 Å². The van der Waals surface area contributed by atoms with Gasteiger partial charge in [0.2, 0.25) is 0 Å². The Balaban J connectivity index is 2.46. The molecule has 0 fully saturated rings. The van der Waals surface area contributed by atoms with E-state index in [1.165, 1.54) is 0 Å². The van der Waals surface area contributed by atoms with Crippen LogP contribution in [0.2, 0.25) is 0 Å². The van der Waals surface area contributed by atoms with E-state index in [2.05, 4.69) is 20.9 Å². The molecule has 2 aromatic rings. The summed E-state index contributed by atoms with van der Waals surface area (Å²) in [5, 5.41) is 1.10. The zero-order chi connectivity index (χ0) is 11.5. The number of aromatic nitrogens is 1. The Hall–Kier alpha value is -1.22. The normalized spacial score (nSPS) is 10.6. The quantitative estimate of drug-likeness (QED) is 0.859. The molecule has 0 unspecified atom stereocenters. The number of pyridine rings is 1. The maximum atomic E-state index is 11.0. The first-order chi connectivity index (χ1) is 7.68. The summed E-state index contributed by atoms with van der Waals surface area (Å²) >= 11 is 3.50. The Morgan fingerprint density at radius 3 is 2.94 bits per heavy atom. The lowest BCUT2D eigenvalue weighted by atomic mass is 10.0. The topological polar surface area (TPSA) is 30.0 Å². The minimum Gasteiger partial charge on any atom is -0.300 e. The van der Waals surface area contributed by atoms with E-state index in [4.69, 9.17) is 0 Å². The second-order valence-electron chi connectivity index (χ2n) is 3.81. The van der Waals surface area contributed by atoms with Gasteiger partial charge in [0.15, 0.2) is 0 Å². The Morgan fingerprint density at radius 2 is 2.19 bits per heavy atom. The largest absolute Gasteiger partial charge is 0.300 e. The summed E-state index contributed by atoms with van der Waals surface area (Å²) in [6, 6.07) is 7.99. The number of halogens is 1. The third-order valence-corrected chi connectivity index (χ3v) is 3.24. The van der Waals surface area contributed by atoms with Gasteiger partial charge in [0.1, 0.15) is 5.78 Å². The average molecular weight is 278 g/mol. The lowest BCUT2D eigenvalue weighted by Gasteiger charge is -2.06. The second kappa shape index (κ2) is 4.74. The minimum absolute atomic E-state index is 0.215. The number of Topliss-reactive ketones (excluding diaryl/α,β-unsaturated/α-hetero) is 1. The van der Waals surface area contributed by atoms with E-state index in [0.717, 1.165) is 27.4 Å². The van der Waals surface area contributed by atoms with Crippen molar-refractivity contribution in [3.05, 3.63) is 40.5 Å². The zero-order valence-corrected chi connectivity index (χ0v) is 10.6. The highest BCUT2D eigenvalue weighted by atomic mass is 79.9. The van der Waals surface area contributed by atoms with Gasteiger partial charge in [-0.05, 0) is 31.0 Å². The van der Waals surface area contributed by atoms with Gasteiger partial charge in [-0.3, -0.25) is 4.98 Å². The summed E-state index contributed by atoms with van der Waals surface area (Å²) < 4.78 is 1.04. The van der Waals surface area contributed by atoms with E-state index in [1.807, 2.05) is 24.3 Å². The standard InChI is InChI=1S/C13H12BrNO/c1-9(16)4-5-10-6-7-12(14)11-3-2-8-15-13(10)11/h2-3,6-8H,4-5H2,1H3. The van der Waals surface area contributed by atoms with Gasteiger partial charge in [-0.25, -0.2) is 0 Å². The van der Waals surface area contributed by atoms with Crippen LogP contribution in [0.25, 0.3) is 10.9 Å². The molecule has 1 aromatic carbocycles. The molecule has 2 rings (SSSR count). The maximum Gasteiger partial charge on any atom is 0.130 e. The van der Waals surface area contributed by atoms with E-state index in [0.29, 0.717) is 6.42 Å². The van der Waals surface area contributed by atoms with Gasteiger partial charge in [0, 0.05) is 22.5 Å². The third kappa shape index (κ3) is 2.30. The lowest BCUT2D eigenvalue weighted by molar-refractivity contribution is -0.116. The van der Waals surface area contributed by atoms with Crippen molar-refractivity contribution in [3.63, 3.8) is 0 Å². The second-order valence-corrected chi connectivity index (χ2v) is 4.66. The fourth-order valence-corrected chi connectivity index (χ4v) is 2.16. The van der Waals surface area contributed by atoms with Crippen molar-refractivity contribution in [2.45, 2.75) is 19.8 Å². The number of hydrogen-bond acceptors (Lipinski definition) is 2. The molecule has 2 nitrogen and oxygen atoms in total. The molecular formula is C13H12BrNO. The van der Waals surface area contributed by atoms with Crippen LogP contribution in [-0.4, -0.2) is 10.8 Å². The number of fused-ring (bicyclic) bond motifs is 1. The van der Waals surface area contributed by atoms with Gasteiger partial charge in [-0.1, -0.05) is 28.1 Å². The molecule has 0 spiro atoms. The van der Waals surface area contributed by atoms with Crippen LogP contribution < -0.4 is 0 Å². The highest BCUT2D eigenvalue weighted by Crippen LogP contribution is 2.25. The van der Waals surface area contributed by atoms with Crippen LogP contribution >= 0.6 is 15.9 Å². The van der Waals surface area contributed by atoms with Gasteiger partial charge in [-0.2, -0.15) is 0 Å². The van der Waals surface area contributed by atoms with Crippen molar-refractivity contribution < 1.29 is 4.79 Å². The van der Waals surface area contributed by atoms with Gasteiger partial charge >= 0.3 is 0 Å². The first-order valence-corrected chi connectivity index (χ1v) is 5.99. The molecule has 16 heavy (non-hydrogen) atoms. The fourth-order valence-electron chi connectivity index (χ4n) is 1.71. The molecule has 0 bridgehead atoms. The molecule has 1 heterocycles. The molecule has 0 aliphatic heterocycles. The summed E-state index contributed by atoms with van der Waals surface area (Å²) in [4.78, 5) is 15.4. The Kier molecular flexibility index (Phi) is 3.34. The predicted octanol–water partition coefficient (Wildman–Crippen LogP) is 3.52. The molecule has 0 saturated heterocycles. The van der Waals surface area contributed by atoms with Crippen LogP contribution in [0.3, 0.4) is 0 Å². The van der Waals surface area contributed by atoms with Gasteiger partial charge in [-0.15, -0.1) is 0 Å². The van der Waals surface area contributed by atoms with Crippen molar-refractivity contribution in [2.75, 3.05) is 0 Å². The first kappa shape index (κ1) is 11.3. The number of benzene rings is 1. The van der Waals surface area contributed by atoms with E-state index in [9.17, 15) is 4.79 Å². The van der Waals surface area contributed by atoms with E-state index in [1.54, 1.807) is 13.1 Å². The average Bonchev–Trinajstić information content (AvgIpc) is 2.28. The molecule has 0 N–H and O–H groups in total. The number of nitrogens with zero attached hydrogens (tertiary/aromatic N) is 1. The molecule has 0 atom stereocenters. The SMILES string of the molecule is CC(=O)CCc1ccc(Br)c2cccnc12. The molecule has 0 saturated carbocycles. The van der Waals surface area contributed by atoms with Crippen molar-refractivity contribution in [1.82, 2.24) is 4.98 Å². The monoisotopic (exact) mass is 277 g/mol. The highest BCUT2D eigenvalue weighted by Gasteiger charge is 2.05. The van der Waals surface area contributed by atoms with Crippen molar-refractivity contribution in [1.29, 1.82) is 0 Å². The molecule has 3 heteroatoms. The molecule has 0 aliphatic carbocycles. The Labute approximate surface area is 103 Å². The maximum absolute atomic E-state index is 11.0. The zero-order valence-electron chi connectivity index (χ0n) is 9.03. The molecule has 0 aliphatic rings. The third-order valence-electron chi connectivity index (χ3n) is 2.55. The van der Waals surface area contributed by atoms with Crippen molar-refractivity contribution in [2.24, 2.45) is 0 Å². The Bertz CT molecular complexity index is 536. The molecule has 0 amide bonds. The number of carbonyl (C=O) groups excluding carboxylic acids is 1. The summed E-state index contributed by atoms with van der Waals surface area (Å²) in [5.41, 5.74) is 2.12. The van der Waals surface area contributed by atoms with Crippen LogP contribution in [0.1, 0.15) is 18.9 Å². The minimum atomic E-state index is 0.215. The number of aryl methyl sites for hydroxylation is 1. The van der Waals surface area contributed by atoms with E-state index < -0.39 is 0 Å². The number of rotatable bonds is 3. The van der Waals surface area contributed by atoms with Crippen LogP contribution in [0.5, 0.6) is 0 Å². The number of carbonyl (C=O) groups is 1. The smallest absolute Gasteiger partial charge is 0.130 e. The lowest BCUT2D eigenvalue weighted by Crippen LogP contribution is -1.96. The number of hydrogen-bond donors (Lipinski definition) is 0. The van der Waals surface area contributed by atoms with Gasteiger partial charge in [0.25, 0.3) is 0 Å². The van der Waals surface area contributed by atoms with Gasteiger partial charge in [0.05, 0.1) is 5.52 Å². The number of ketones is 1. The molecule has 0 radical (unpaired) electrons.